The van der Waals surface area contributed by atoms with Gasteiger partial charge in [-0.15, -0.1) is 0 Å². The molecule has 1 aromatic carbocycles. The number of thiol groups is 1. The molecule has 0 aliphatic heterocycles. The van der Waals surface area contributed by atoms with Crippen molar-refractivity contribution in [3.63, 3.8) is 0 Å². The number of benzene rings is 1. The van der Waals surface area contributed by atoms with Crippen molar-refractivity contribution in [1.29, 1.82) is 0 Å². The molecule has 2 N–H and O–H groups in total. The Kier molecular flexibility index (Phi) is 6.38. The molecule has 0 fully saturated rings. The molecule has 5 nitrogen and oxygen atoms in total. The van der Waals surface area contributed by atoms with Gasteiger partial charge < -0.3 is 9.84 Å². The van der Waals surface area contributed by atoms with Crippen LogP contribution in [0.5, 0.6) is 5.75 Å². The molecule has 0 aliphatic rings. The number of ketones is 1. The van der Waals surface area contributed by atoms with E-state index in [4.69, 9.17) is 9.84 Å². The number of nitrogens with one attached hydrogen (secondary N) is 1. The molecule has 0 heterocycles. The number of Topliss-reactive ketones (excluding diaryl/α,β-unsaturated/α-hetero) is 1. The zero-order valence-electron chi connectivity index (χ0n) is 10.6. The summed E-state index contributed by atoms with van der Waals surface area (Å²) >= 11 is 3.91. The largest absolute Gasteiger partial charge is 0.494 e. The molecule has 0 bridgehead atoms. The van der Waals surface area contributed by atoms with Crippen molar-refractivity contribution in [3.05, 3.63) is 29.8 Å². The molecule has 6 heteroatoms. The molecule has 0 aromatic heterocycles. The standard InChI is InChI=1S/C13H17NO4S/c1-2-18-10-5-3-9(4-6-10)12(15)7-14-11(8-19)13(16)17/h3-6,11,14,19H,2,7-8H2,1H3,(H,16,17). The molecule has 0 saturated heterocycles. The summed E-state index contributed by atoms with van der Waals surface area (Å²) < 4.78 is 5.27. The second kappa shape index (κ2) is 7.81. The van der Waals surface area contributed by atoms with Crippen molar-refractivity contribution < 1.29 is 19.4 Å². The van der Waals surface area contributed by atoms with E-state index >= 15 is 0 Å². The van der Waals surface area contributed by atoms with Crippen LogP contribution in [0.3, 0.4) is 0 Å². The average Bonchev–Trinajstić information content (AvgIpc) is 2.40. The van der Waals surface area contributed by atoms with Crippen LogP contribution in [-0.2, 0) is 4.79 Å². The summed E-state index contributed by atoms with van der Waals surface area (Å²) in [5.74, 6) is -0.359. The Bertz CT molecular complexity index is 433. The Morgan fingerprint density at radius 1 is 1.37 bits per heavy atom. The molecule has 104 valence electrons. The Balaban J connectivity index is 2.55. The van der Waals surface area contributed by atoms with Crippen molar-refractivity contribution in [2.24, 2.45) is 0 Å². The van der Waals surface area contributed by atoms with Crippen LogP contribution in [0.1, 0.15) is 17.3 Å². The Labute approximate surface area is 117 Å². The van der Waals surface area contributed by atoms with E-state index in [1.165, 1.54) is 0 Å². The highest BCUT2D eigenvalue weighted by Gasteiger charge is 2.16. The van der Waals surface area contributed by atoms with Crippen molar-refractivity contribution in [2.75, 3.05) is 18.9 Å². The highest BCUT2D eigenvalue weighted by atomic mass is 32.1. The number of carbonyl (C=O) groups is 2. The number of hydrogen-bond acceptors (Lipinski definition) is 5. The summed E-state index contributed by atoms with van der Waals surface area (Å²) in [7, 11) is 0. The van der Waals surface area contributed by atoms with E-state index < -0.39 is 12.0 Å². The molecule has 0 spiro atoms. The quantitative estimate of drug-likeness (QED) is 0.494. The lowest BCUT2D eigenvalue weighted by Gasteiger charge is -2.11. The first-order chi connectivity index (χ1) is 9.08. The monoisotopic (exact) mass is 283 g/mol. The zero-order chi connectivity index (χ0) is 14.3. The number of aliphatic carboxylic acids is 1. The van der Waals surface area contributed by atoms with Gasteiger partial charge in [-0.1, -0.05) is 0 Å². The lowest BCUT2D eigenvalue weighted by molar-refractivity contribution is -0.138. The van der Waals surface area contributed by atoms with E-state index in [0.717, 1.165) is 0 Å². The molecular weight excluding hydrogens is 266 g/mol. The lowest BCUT2D eigenvalue weighted by Crippen LogP contribution is -2.41. The summed E-state index contributed by atoms with van der Waals surface area (Å²) in [5, 5.41) is 11.5. The average molecular weight is 283 g/mol. The number of hydrogen-bond donors (Lipinski definition) is 3. The summed E-state index contributed by atoms with van der Waals surface area (Å²) in [6, 6.07) is 5.92. The molecule has 1 unspecified atom stereocenters. The number of carbonyl (C=O) groups excluding carboxylic acids is 1. The number of carboxylic acid groups (broad SMARTS) is 1. The predicted octanol–water partition coefficient (Wildman–Crippen LogP) is 1.24. The van der Waals surface area contributed by atoms with Crippen LogP contribution in [0.25, 0.3) is 0 Å². The van der Waals surface area contributed by atoms with Crippen LogP contribution < -0.4 is 10.1 Å². The third kappa shape index (κ3) is 4.92. The second-order valence-corrected chi connectivity index (χ2v) is 4.20. The summed E-state index contributed by atoms with van der Waals surface area (Å²) in [5.41, 5.74) is 0.513. The fourth-order valence-corrected chi connectivity index (χ4v) is 1.74. The van der Waals surface area contributed by atoms with E-state index in [-0.39, 0.29) is 18.1 Å². The third-order valence-corrected chi connectivity index (χ3v) is 2.84. The van der Waals surface area contributed by atoms with Crippen molar-refractivity contribution in [3.8, 4) is 5.75 Å². The van der Waals surface area contributed by atoms with Crippen LogP contribution in [0, 0.1) is 0 Å². The van der Waals surface area contributed by atoms with Gasteiger partial charge >= 0.3 is 5.97 Å². The first-order valence-electron chi connectivity index (χ1n) is 5.91. The van der Waals surface area contributed by atoms with Crippen LogP contribution in [-0.4, -0.2) is 41.8 Å². The first kappa shape index (κ1) is 15.5. The van der Waals surface area contributed by atoms with Gasteiger partial charge in [-0.25, -0.2) is 0 Å². The maximum Gasteiger partial charge on any atom is 0.321 e. The molecule has 0 saturated carbocycles. The van der Waals surface area contributed by atoms with E-state index in [0.29, 0.717) is 17.9 Å². The fraction of sp³-hybridized carbons (Fsp3) is 0.385. The predicted molar refractivity (Wildman–Crippen MR) is 75.2 cm³/mol. The topological polar surface area (TPSA) is 75.6 Å². The minimum Gasteiger partial charge on any atom is -0.494 e. The summed E-state index contributed by atoms with van der Waals surface area (Å²) in [4.78, 5) is 22.6. The van der Waals surface area contributed by atoms with E-state index in [1.807, 2.05) is 6.92 Å². The van der Waals surface area contributed by atoms with Gasteiger partial charge in [-0.3, -0.25) is 14.9 Å². The molecule has 1 aromatic rings. The van der Waals surface area contributed by atoms with Crippen LogP contribution >= 0.6 is 12.6 Å². The highest BCUT2D eigenvalue weighted by Crippen LogP contribution is 2.12. The highest BCUT2D eigenvalue weighted by molar-refractivity contribution is 7.80. The summed E-state index contributed by atoms with van der Waals surface area (Å²) in [6.07, 6.45) is 0. The molecule has 19 heavy (non-hydrogen) atoms. The van der Waals surface area contributed by atoms with Crippen LogP contribution in [0.4, 0.5) is 0 Å². The molecule has 0 radical (unpaired) electrons. The zero-order valence-corrected chi connectivity index (χ0v) is 11.5. The van der Waals surface area contributed by atoms with Gasteiger partial charge in [0.2, 0.25) is 0 Å². The molecule has 1 rings (SSSR count). The van der Waals surface area contributed by atoms with Crippen molar-refractivity contribution in [2.45, 2.75) is 13.0 Å². The van der Waals surface area contributed by atoms with Gasteiger partial charge in [0, 0.05) is 11.3 Å². The normalized spacial score (nSPS) is 11.9. The Morgan fingerprint density at radius 3 is 2.47 bits per heavy atom. The second-order valence-electron chi connectivity index (χ2n) is 3.83. The maximum absolute atomic E-state index is 11.8. The fourth-order valence-electron chi connectivity index (χ4n) is 1.45. The molecule has 0 aliphatic carbocycles. The first-order valence-corrected chi connectivity index (χ1v) is 6.54. The number of carboxylic acids is 1. The SMILES string of the molecule is CCOc1ccc(C(=O)CNC(CS)C(=O)O)cc1. The smallest absolute Gasteiger partial charge is 0.321 e. The van der Waals surface area contributed by atoms with Crippen LogP contribution in [0.2, 0.25) is 0 Å². The van der Waals surface area contributed by atoms with Gasteiger partial charge in [-0.2, -0.15) is 12.6 Å². The van der Waals surface area contributed by atoms with Crippen molar-refractivity contribution >= 4 is 24.4 Å². The van der Waals surface area contributed by atoms with E-state index in [2.05, 4.69) is 17.9 Å². The minimum atomic E-state index is -1.02. The van der Waals surface area contributed by atoms with Gasteiger partial charge in [-0.05, 0) is 31.2 Å². The van der Waals surface area contributed by atoms with E-state index in [1.54, 1.807) is 24.3 Å². The van der Waals surface area contributed by atoms with Gasteiger partial charge in [0.15, 0.2) is 5.78 Å². The Morgan fingerprint density at radius 2 is 2.00 bits per heavy atom. The molecular formula is C13H17NO4S. The third-order valence-electron chi connectivity index (χ3n) is 2.48. The van der Waals surface area contributed by atoms with Crippen molar-refractivity contribution in [1.82, 2.24) is 5.32 Å². The van der Waals surface area contributed by atoms with Gasteiger partial charge in [0.05, 0.1) is 13.2 Å². The Hall–Kier alpha value is -1.53. The summed E-state index contributed by atoms with van der Waals surface area (Å²) in [6.45, 7) is 2.41. The maximum atomic E-state index is 11.8. The molecule has 0 amide bonds. The number of ether oxygens (including phenoxy) is 1. The molecule has 1 atom stereocenters. The number of rotatable bonds is 8. The van der Waals surface area contributed by atoms with Gasteiger partial charge in [0.1, 0.15) is 11.8 Å². The minimum absolute atomic E-state index is 0.0362. The van der Waals surface area contributed by atoms with E-state index in [9.17, 15) is 9.59 Å². The lowest BCUT2D eigenvalue weighted by atomic mass is 10.1. The van der Waals surface area contributed by atoms with Gasteiger partial charge in [0.25, 0.3) is 0 Å². The van der Waals surface area contributed by atoms with Crippen LogP contribution in [0.15, 0.2) is 24.3 Å².